The Morgan fingerprint density at radius 2 is 1.37 bits per heavy atom. The van der Waals surface area contributed by atoms with Crippen LogP contribution in [0.4, 0.5) is 0 Å². The molecule has 4 rings (SSSR count). The minimum Gasteiger partial charge on any atom is -0.465 e. The number of esters is 5. The van der Waals surface area contributed by atoms with Gasteiger partial charge in [-0.15, -0.1) is 0 Å². The van der Waals surface area contributed by atoms with Gasteiger partial charge < -0.3 is 23.7 Å². The zero-order valence-electron chi connectivity index (χ0n) is 29.1. The lowest BCUT2D eigenvalue weighted by Gasteiger charge is -2.56. The first-order valence-corrected chi connectivity index (χ1v) is 16.9. The Kier molecular flexibility index (Phi) is 10.7. The average molecular weight is 647 g/mol. The van der Waals surface area contributed by atoms with Crippen LogP contribution in [0.25, 0.3) is 0 Å². The lowest BCUT2D eigenvalue weighted by molar-refractivity contribution is -0.188. The van der Waals surface area contributed by atoms with Crippen molar-refractivity contribution in [3.8, 4) is 0 Å². The fraction of sp³-hybridized carbons (Fsp3) is 0.806. The van der Waals surface area contributed by atoms with Crippen molar-refractivity contribution in [2.45, 2.75) is 125 Å². The van der Waals surface area contributed by atoms with Crippen LogP contribution in [0.2, 0.25) is 0 Å². The third-order valence-corrected chi connectivity index (χ3v) is 12.4. The predicted octanol–water partition coefficient (Wildman–Crippen LogP) is 5.59. The van der Waals surface area contributed by atoms with Gasteiger partial charge in [-0.25, -0.2) is 0 Å². The molecule has 46 heavy (non-hydrogen) atoms. The smallest absolute Gasteiger partial charge is 0.309 e. The highest BCUT2D eigenvalue weighted by atomic mass is 16.6. The van der Waals surface area contributed by atoms with Crippen LogP contribution in [0.1, 0.15) is 101 Å². The van der Waals surface area contributed by atoms with E-state index in [-0.39, 0.29) is 53.3 Å². The van der Waals surface area contributed by atoms with Crippen LogP contribution in [0.3, 0.4) is 0 Å². The normalized spacial score (nSPS) is 37.8. The van der Waals surface area contributed by atoms with Crippen molar-refractivity contribution in [2.24, 2.45) is 52.3 Å². The summed E-state index contributed by atoms with van der Waals surface area (Å²) in [5.41, 5.74) is 0.182. The second-order valence-electron chi connectivity index (χ2n) is 15.2. The molecule has 1 aliphatic heterocycles. The number of hydrogen-bond acceptors (Lipinski definition) is 10. The molecule has 0 unspecified atom stereocenters. The summed E-state index contributed by atoms with van der Waals surface area (Å²) < 4.78 is 29.2. The largest absolute Gasteiger partial charge is 0.465 e. The van der Waals surface area contributed by atoms with Crippen LogP contribution >= 0.6 is 0 Å². The number of carbonyl (C=O) groups excluding carboxylic acids is 5. The summed E-state index contributed by atoms with van der Waals surface area (Å²) >= 11 is 0. The van der Waals surface area contributed by atoms with Crippen molar-refractivity contribution in [3.63, 3.8) is 0 Å². The van der Waals surface area contributed by atoms with Gasteiger partial charge in [0.05, 0.1) is 12.5 Å². The molecule has 0 spiro atoms. The number of cyclic esters (lactones) is 1. The number of fused-ring (bicyclic) bond motifs is 5. The van der Waals surface area contributed by atoms with E-state index in [2.05, 4.69) is 27.4 Å². The lowest BCUT2D eigenvalue weighted by Crippen LogP contribution is -2.56. The third-order valence-electron chi connectivity index (χ3n) is 12.4. The SMILES string of the molecule is C=C(C)[C@H](C)[C@@H](OC(C)=O)[C@H](OC(C)=O)[C@@H](C)[C@H]1CC[C@H]2[C@@H]3COC(=O)[C@H]4C[C@H](OC(C)=O)[C@H](OC(C)=O)C[C@]4(C)[C@H]3CC[C@]12C. The van der Waals surface area contributed by atoms with E-state index in [1.165, 1.54) is 27.7 Å². The summed E-state index contributed by atoms with van der Waals surface area (Å²) in [5.74, 6) is -2.27. The van der Waals surface area contributed by atoms with E-state index in [1.807, 2.05) is 13.8 Å². The minimum atomic E-state index is -0.709. The molecule has 0 aromatic carbocycles. The molecule has 10 heteroatoms. The Labute approximate surface area is 273 Å². The first-order chi connectivity index (χ1) is 21.4. The molecule has 1 saturated heterocycles. The molecule has 1 heterocycles. The van der Waals surface area contributed by atoms with Crippen LogP contribution < -0.4 is 0 Å². The van der Waals surface area contributed by atoms with Gasteiger partial charge in [0, 0.05) is 46.0 Å². The van der Waals surface area contributed by atoms with Gasteiger partial charge in [0.25, 0.3) is 0 Å². The quantitative estimate of drug-likeness (QED) is 0.177. The molecule has 10 nitrogen and oxygen atoms in total. The van der Waals surface area contributed by atoms with Crippen LogP contribution in [0.5, 0.6) is 0 Å². The molecule has 0 bridgehead atoms. The van der Waals surface area contributed by atoms with Crippen molar-refractivity contribution in [1.82, 2.24) is 0 Å². The Morgan fingerprint density at radius 3 is 1.93 bits per heavy atom. The summed E-state index contributed by atoms with van der Waals surface area (Å²) in [4.78, 5) is 62.3. The Hall–Kier alpha value is -2.91. The van der Waals surface area contributed by atoms with Crippen LogP contribution in [0, 0.1) is 52.3 Å². The van der Waals surface area contributed by atoms with E-state index in [0.717, 1.165) is 31.3 Å². The minimum absolute atomic E-state index is 0.0870. The number of ether oxygens (including phenoxy) is 5. The van der Waals surface area contributed by atoms with Gasteiger partial charge >= 0.3 is 29.8 Å². The molecule has 13 atom stereocenters. The van der Waals surface area contributed by atoms with E-state index in [9.17, 15) is 24.0 Å². The van der Waals surface area contributed by atoms with Gasteiger partial charge in [0.15, 0.2) is 0 Å². The molecule has 0 aromatic heterocycles. The molecule has 258 valence electrons. The van der Waals surface area contributed by atoms with E-state index < -0.39 is 59.6 Å². The van der Waals surface area contributed by atoms with Crippen molar-refractivity contribution in [2.75, 3.05) is 6.61 Å². The van der Waals surface area contributed by atoms with Gasteiger partial charge in [-0.2, -0.15) is 0 Å². The van der Waals surface area contributed by atoms with E-state index >= 15 is 0 Å². The maximum absolute atomic E-state index is 13.6. The summed E-state index contributed by atoms with van der Waals surface area (Å²) in [6.07, 6.45) is 1.56. The topological polar surface area (TPSA) is 132 Å². The van der Waals surface area contributed by atoms with Gasteiger partial charge in [-0.1, -0.05) is 39.8 Å². The molecular formula is C36H54O10. The van der Waals surface area contributed by atoms with E-state index in [0.29, 0.717) is 13.0 Å². The van der Waals surface area contributed by atoms with Crippen molar-refractivity contribution >= 4 is 29.8 Å². The van der Waals surface area contributed by atoms with E-state index in [1.54, 1.807) is 0 Å². The molecule has 4 fully saturated rings. The van der Waals surface area contributed by atoms with Gasteiger partial charge in [0.2, 0.25) is 0 Å². The van der Waals surface area contributed by atoms with Crippen molar-refractivity contribution in [3.05, 3.63) is 12.2 Å². The van der Waals surface area contributed by atoms with Crippen molar-refractivity contribution < 1.29 is 47.7 Å². The zero-order chi connectivity index (χ0) is 34.3. The molecule has 0 radical (unpaired) electrons. The summed E-state index contributed by atoms with van der Waals surface area (Å²) in [6, 6.07) is 0. The van der Waals surface area contributed by atoms with Gasteiger partial charge in [0.1, 0.15) is 24.4 Å². The highest BCUT2D eigenvalue weighted by Crippen LogP contribution is 2.66. The highest BCUT2D eigenvalue weighted by Gasteiger charge is 2.64. The molecule has 3 aliphatic carbocycles. The predicted molar refractivity (Wildman–Crippen MR) is 168 cm³/mol. The molecule has 0 aromatic rings. The molecule has 0 amide bonds. The van der Waals surface area contributed by atoms with Crippen molar-refractivity contribution in [1.29, 1.82) is 0 Å². The van der Waals surface area contributed by atoms with Gasteiger partial charge in [-0.05, 0) is 73.5 Å². The summed E-state index contributed by atoms with van der Waals surface area (Å²) in [5, 5.41) is 0. The summed E-state index contributed by atoms with van der Waals surface area (Å²) in [7, 11) is 0. The average Bonchev–Trinajstić information content (AvgIpc) is 3.25. The molecular weight excluding hydrogens is 592 g/mol. The monoisotopic (exact) mass is 646 g/mol. The lowest BCUT2D eigenvalue weighted by atomic mass is 9.48. The molecule has 4 aliphatic rings. The second kappa shape index (κ2) is 13.7. The first-order valence-electron chi connectivity index (χ1n) is 16.9. The summed E-state index contributed by atoms with van der Waals surface area (Å²) in [6.45, 7) is 20.2. The fourth-order valence-electron chi connectivity index (χ4n) is 10.1. The highest BCUT2D eigenvalue weighted by molar-refractivity contribution is 5.75. The molecule has 0 N–H and O–H groups in total. The van der Waals surface area contributed by atoms with Crippen LogP contribution in [-0.4, -0.2) is 60.9 Å². The number of carbonyl (C=O) groups is 5. The van der Waals surface area contributed by atoms with Crippen LogP contribution in [-0.2, 0) is 47.7 Å². The molecule has 3 saturated carbocycles. The number of hydrogen-bond donors (Lipinski definition) is 0. The van der Waals surface area contributed by atoms with Gasteiger partial charge in [-0.3, -0.25) is 24.0 Å². The zero-order valence-corrected chi connectivity index (χ0v) is 29.1. The maximum Gasteiger partial charge on any atom is 0.309 e. The fourth-order valence-corrected chi connectivity index (χ4v) is 10.1. The maximum atomic E-state index is 13.6. The van der Waals surface area contributed by atoms with Crippen LogP contribution in [0.15, 0.2) is 12.2 Å². The second-order valence-corrected chi connectivity index (χ2v) is 15.2. The number of rotatable bonds is 9. The Balaban J connectivity index is 1.66. The Bertz CT molecular complexity index is 1230. The first kappa shape index (κ1) is 35.9. The third kappa shape index (κ3) is 6.86. The standard InChI is InChI=1S/C36H54O10/c1-18(2)19(3)32(45-23(7)39)33(46-24(8)40)20(4)26-11-12-27-25-17-42-34(41)29-15-30(43-21(5)37)31(44-22(6)38)16-36(29,10)28(25)13-14-35(26,27)9/h19-20,25-33H,1,11-17H2,2-10H3/t19-,20-,25-,26+,27-,28-,29+,30-,31+,32+,33+,35+,36+/m0/s1. The van der Waals surface area contributed by atoms with E-state index in [4.69, 9.17) is 23.7 Å². The Morgan fingerprint density at radius 1 is 0.804 bits per heavy atom.